The molecule has 4 nitrogen and oxygen atoms in total. The van der Waals surface area contributed by atoms with E-state index in [-0.39, 0.29) is 10.8 Å². The predicted octanol–water partition coefficient (Wildman–Crippen LogP) is 6.24. The van der Waals surface area contributed by atoms with Gasteiger partial charge in [0.1, 0.15) is 0 Å². The van der Waals surface area contributed by atoms with Gasteiger partial charge in [0.25, 0.3) is 0 Å². The van der Waals surface area contributed by atoms with Crippen molar-refractivity contribution in [3.63, 3.8) is 0 Å². The first-order valence-corrected chi connectivity index (χ1v) is 10.9. The fraction of sp³-hybridized carbons (Fsp3) is 0.286. The number of rotatable bonds is 0. The van der Waals surface area contributed by atoms with Crippen LogP contribution in [0.1, 0.15) is 61.1 Å². The van der Waals surface area contributed by atoms with Crippen molar-refractivity contribution < 1.29 is 0 Å². The van der Waals surface area contributed by atoms with Gasteiger partial charge < -0.3 is 9.80 Å². The molecule has 2 aliphatic rings. The topological polar surface area (TPSA) is 54.1 Å². The molecule has 0 saturated heterocycles. The summed E-state index contributed by atoms with van der Waals surface area (Å²) in [6, 6.07) is 21.2. The highest BCUT2D eigenvalue weighted by Crippen LogP contribution is 2.55. The number of hydrogen-bond donors (Lipinski definition) is 0. The molecule has 0 aliphatic carbocycles. The number of hydrogen-bond acceptors (Lipinski definition) is 4. The maximum absolute atomic E-state index is 9.46. The zero-order chi connectivity index (χ0) is 23.0. The third kappa shape index (κ3) is 2.47. The van der Waals surface area contributed by atoms with Gasteiger partial charge in [0.05, 0.1) is 23.3 Å². The van der Waals surface area contributed by atoms with Crippen LogP contribution < -0.4 is 9.80 Å². The maximum atomic E-state index is 9.46. The van der Waals surface area contributed by atoms with Gasteiger partial charge in [-0.25, -0.2) is 0 Å². The maximum Gasteiger partial charge on any atom is 0.0991 e. The zero-order valence-electron chi connectivity index (χ0n) is 19.4. The molecule has 32 heavy (non-hydrogen) atoms. The van der Waals surface area contributed by atoms with E-state index in [9.17, 15) is 10.5 Å². The Morgan fingerprint density at radius 1 is 0.562 bits per heavy atom. The Balaban J connectivity index is 1.78. The largest absolute Gasteiger partial charge is 0.344 e. The highest BCUT2D eigenvalue weighted by Gasteiger charge is 2.41. The third-order valence-corrected chi connectivity index (χ3v) is 7.50. The van der Waals surface area contributed by atoms with E-state index in [1.165, 1.54) is 33.6 Å². The molecule has 0 unspecified atom stereocenters. The summed E-state index contributed by atoms with van der Waals surface area (Å²) >= 11 is 0. The smallest absolute Gasteiger partial charge is 0.0991 e. The van der Waals surface area contributed by atoms with Crippen LogP contribution in [0.4, 0.5) is 22.7 Å². The summed E-state index contributed by atoms with van der Waals surface area (Å²) in [4.78, 5) is 4.49. The van der Waals surface area contributed by atoms with Crippen molar-refractivity contribution in [1.82, 2.24) is 0 Å². The number of benzene rings is 3. The second-order valence-electron chi connectivity index (χ2n) is 9.94. The Morgan fingerprint density at radius 2 is 0.906 bits per heavy atom. The molecule has 0 spiro atoms. The standard InChI is InChI=1S/C28H26N4/c1-27(2)19-11-17(15-29)7-9-23(19)31(5)25-14-22-26(13-21(25)27)32(6)24-10-8-18(16-30)12-20(24)28(22,3)4/h7-14H,1-6H3. The molecule has 2 heterocycles. The Hall–Kier alpha value is -3.76. The molecule has 5 rings (SSSR count). The van der Waals surface area contributed by atoms with Crippen LogP contribution in [0.2, 0.25) is 0 Å². The van der Waals surface area contributed by atoms with E-state index in [1.54, 1.807) is 0 Å². The highest BCUT2D eigenvalue weighted by atomic mass is 15.1. The lowest BCUT2D eigenvalue weighted by molar-refractivity contribution is 0.612. The van der Waals surface area contributed by atoms with Crippen molar-refractivity contribution >= 4 is 22.7 Å². The zero-order valence-corrected chi connectivity index (χ0v) is 19.4. The lowest BCUT2D eigenvalue weighted by Crippen LogP contribution is -2.35. The average molecular weight is 419 g/mol. The van der Waals surface area contributed by atoms with Crippen molar-refractivity contribution in [1.29, 1.82) is 10.5 Å². The molecule has 4 heteroatoms. The van der Waals surface area contributed by atoms with Crippen LogP contribution in [-0.2, 0) is 10.8 Å². The number of nitriles is 2. The van der Waals surface area contributed by atoms with Crippen LogP contribution in [0.3, 0.4) is 0 Å². The summed E-state index contributed by atoms with van der Waals surface area (Å²) < 4.78 is 0. The monoisotopic (exact) mass is 418 g/mol. The summed E-state index contributed by atoms with van der Waals surface area (Å²) in [7, 11) is 4.21. The van der Waals surface area contributed by atoms with Crippen LogP contribution in [0.15, 0.2) is 48.5 Å². The molecule has 2 aliphatic heterocycles. The fourth-order valence-electron chi connectivity index (χ4n) is 5.48. The minimum atomic E-state index is -0.241. The number of anilines is 4. The Bertz CT molecular complexity index is 1270. The predicted molar refractivity (Wildman–Crippen MR) is 129 cm³/mol. The molecule has 0 saturated carbocycles. The van der Waals surface area contributed by atoms with Gasteiger partial charge in [-0.2, -0.15) is 10.5 Å². The van der Waals surface area contributed by atoms with E-state index in [1.807, 2.05) is 24.3 Å². The quantitative estimate of drug-likeness (QED) is 0.433. The summed E-state index contributed by atoms with van der Waals surface area (Å²) in [5.74, 6) is 0. The summed E-state index contributed by atoms with van der Waals surface area (Å²) in [6.45, 7) is 8.97. The van der Waals surface area contributed by atoms with Crippen molar-refractivity contribution in [2.45, 2.75) is 38.5 Å². The summed E-state index contributed by atoms with van der Waals surface area (Å²) in [5, 5.41) is 18.9. The van der Waals surface area contributed by atoms with Crippen molar-refractivity contribution in [3.05, 3.63) is 81.9 Å². The van der Waals surface area contributed by atoms with E-state index in [4.69, 9.17) is 0 Å². The SMILES string of the molecule is CN1c2ccc(C#N)cc2C(C)(C)c2cc3c(cc21)C(C)(C)c1cc(C#N)ccc1N3C. The van der Waals surface area contributed by atoms with Crippen LogP contribution in [0.5, 0.6) is 0 Å². The molecule has 0 aromatic heterocycles. The Kier molecular flexibility index (Phi) is 4.02. The molecule has 3 aromatic rings. The van der Waals surface area contributed by atoms with Gasteiger partial charge in [0.15, 0.2) is 0 Å². The minimum absolute atomic E-state index is 0.241. The van der Waals surface area contributed by atoms with E-state index in [2.05, 4.69) is 88.0 Å². The van der Waals surface area contributed by atoms with E-state index in [0.717, 1.165) is 11.4 Å². The number of fused-ring (bicyclic) bond motifs is 4. The first-order chi connectivity index (χ1) is 15.1. The van der Waals surface area contributed by atoms with Crippen molar-refractivity contribution in [3.8, 4) is 12.1 Å². The first-order valence-electron chi connectivity index (χ1n) is 10.9. The van der Waals surface area contributed by atoms with Gasteiger partial charge in [-0.05, 0) is 70.8 Å². The van der Waals surface area contributed by atoms with Crippen LogP contribution >= 0.6 is 0 Å². The van der Waals surface area contributed by atoms with Gasteiger partial charge in [-0.15, -0.1) is 0 Å². The second-order valence-corrected chi connectivity index (χ2v) is 9.94. The molecule has 3 aromatic carbocycles. The normalized spacial score (nSPS) is 16.8. The molecule has 0 bridgehead atoms. The molecule has 0 radical (unpaired) electrons. The van der Waals surface area contributed by atoms with Crippen LogP contribution in [0.25, 0.3) is 0 Å². The summed E-state index contributed by atoms with van der Waals surface area (Å²) in [6.07, 6.45) is 0. The number of nitrogens with zero attached hydrogens (tertiary/aromatic N) is 4. The first kappa shape index (κ1) is 20.2. The Labute approximate surface area is 189 Å². The minimum Gasteiger partial charge on any atom is -0.344 e. The van der Waals surface area contributed by atoms with Gasteiger partial charge >= 0.3 is 0 Å². The van der Waals surface area contributed by atoms with E-state index >= 15 is 0 Å². The van der Waals surface area contributed by atoms with Gasteiger partial charge in [0, 0.05) is 47.7 Å². The lowest BCUT2D eigenvalue weighted by atomic mass is 9.69. The van der Waals surface area contributed by atoms with Crippen molar-refractivity contribution in [2.24, 2.45) is 0 Å². The van der Waals surface area contributed by atoms with Crippen LogP contribution in [-0.4, -0.2) is 14.1 Å². The summed E-state index contributed by atoms with van der Waals surface area (Å²) in [5.41, 5.74) is 10.4. The van der Waals surface area contributed by atoms with Gasteiger partial charge in [-0.1, -0.05) is 27.7 Å². The molecule has 0 N–H and O–H groups in total. The van der Waals surface area contributed by atoms with Gasteiger partial charge in [-0.3, -0.25) is 0 Å². The second kappa shape index (κ2) is 6.38. The van der Waals surface area contributed by atoms with E-state index < -0.39 is 0 Å². The molecule has 158 valence electrons. The highest BCUT2D eigenvalue weighted by molar-refractivity contribution is 5.86. The molecule has 0 atom stereocenters. The lowest BCUT2D eigenvalue weighted by Gasteiger charge is -2.45. The third-order valence-electron chi connectivity index (χ3n) is 7.50. The van der Waals surface area contributed by atoms with Crippen LogP contribution in [0, 0.1) is 22.7 Å². The molecular weight excluding hydrogens is 392 g/mol. The van der Waals surface area contributed by atoms with Gasteiger partial charge in [0.2, 0.25) is 0 Å². The molecular formula is C28H26N4. The molecule has 0 amide bonds. The Morgan fingerprint density at radius 3 is 1.25 bits per heavy atom. The van der Waals surface area contributed by atoms with Crippen molar-refractivity contribution in [2.75, 3.05) is 23.9 Å². The van der Waals surface area contributed by atoms with E-state index in [0.29, 0.717) is 11.1 Å². The molecule has 0 fully saturated rings. The average Bonchev–Trinajstić information content (AvgIpc) is 2.80. The fourth-order valence-corrected chi connectivity index (χ4v) is 5.48.